The molecule has 2 aliphatic heterocycles. The second-order valence-corrected chi connectivity index (χ2v) is 7.35. The largest absolute Gasteiger partial charge is 0.338 e. The van der Waals surface area contributed by atoms with E-state index >= 15 is 0 Å². The van der Waals surface area contributed by atoms with Gasteiger partial charge in [0.05, 0.1) is 5.56 Å². The number of carbonyl (C=O) groups excluding carboxylic acids is 1. The van der Waals surface area contributed by atoms with Crippen molar-refractivity contribution in [2.24, 2.45) is 11.8 Å². The summed E-state index contributed by atoms with van der Waals surface area (Å²) in [4.78, 5) is 16.8. The van der Waals surface area contributed by atoms with Crippen LogP contribution >= 0.6 is 11.3 Å². The first kappa shape index (κ1) is 14.8. The Labute approximate surface area is 139 Å². The van der Waals surface area contributed by atoms with Crippen LogP contribution in [0, 0.1) is 17.7 Å². The molecule has 0 radical (unpaired) electrons. The Morgan fingerprint density at radius 3 is 2.61 bits per heavy atom. The Morgan fingerprint density at radius 1 is 1.17 bits per heavy atom. The fraction of sp³-hybridized carbons (Fsp3) is 0.389. The average molecular weight is 330 g/mol. The van der Waals surface area contributed by atoms with Crippen LogP contribution in [0.15, 0.2) is 41.1 Å². The van der Waals surface area contributed by atoms with E-state index in [1.165, 1.54) is 6.07 Å². The maximum atomic E-state index is 13.3. The van der Waals surface area contributed by atoms with Gasteiger partial charge in [0.1, 0.15) is 5.82 Å². The molecule has 5 heteroatoms. The molecular formula is C18H19FN2OS. The molecule has 23 heavy (non-hydrogen) atoms. The summed E-state index contributed by atoms with van der Waals surface area (Å²) in [5.41, 5.74) is 1.84. The minimum absolute atomic E-state index is 0.164. The highest BCUT2D eigenvalue weighted by atomic mass is 32.1. The second kappa shape index (κ2) is 6.06. The number of amides is 1. The number of thiophene rings is 1. The van der Waals surface area contributed by atoms with Gasteiger partial charge in [-0.3, -0.25) is 9.69 Å². The minimum atomic E-state index is -0.172. The molecule has 2 fully saturated rings. The number of benzene rings is 1. The van der Waals surface area contributed by atoms with Crippen LogP contribution in [-0.4, -0.2) is 41.9 Å². The monoisotopic (exact) mass is 330 g/mol. The summed E-state index contributed by atoms with van der Waals surface area (Å²) in [5.74, 6) is 1.09. The van der Waals surface area contributed by atoms with E-state index in [0.717, 1.165) is 43.9 Å². The topological polar surface area (TPSA) is 23.6 Å². The molecule has 2 saturated heterocycles. The standard InChI is InChI=1S/C18H19FN2OS/c19-17-3-1-2-13(6-17)7-20-8-15-10-21(11-16(15)9-20)18(22)14-4-5-23-12-14/h1-6,12,15-16H,7-11H2/t15-,16+. The first-order valence-electron chi connectivity index (χ1n) is 7.97. The van der Waals surface area contributed by atoms with Crippen molar-refractivity contribution in [3.8, 4) is 0 Å². The molecule has 2 aromatic rings. The molecule has 0 bridgehead atoms. The van der Waals surface area contributed by atoms with Gasteiger partial charge in [-0.15, -0.1) is 0 Å². The molecule has 4 rings (SSSR count). The van der Waals surface area contributed by atoms with E-state index in [0.29, 0.717) is 11.8 Å². The van der Waals surface area contributed by atoms with Gasteiger partial charge in [0.15, 0.2) is 0 Å². The smallest absolute Gasteiger partial charge is 0.254 e. The van der Waals surface area contributed by atoms with Crippen LogP contribution in [0.4, 0.5) is 4.39 Å². The fourth-order valence-electron chi connectivity index (χ4n) is 3.85. The van der Waals surface area contributed by atoms with Crippen LogP contribution < -0.4 is 0 Å². The van der Waals surface area contributed by atoms with Crippen molar-refractivity contribution in [2.75, 3.05) is 26.2 Å². The van der Waals surface area contributed by atoms with Crippen molar-refractivity contribution in [3.05, 3.63) is 58.0 Å². The number of hydrogen-bond donors (Lipinski definition) is 0. The SMILES string of the molecule is O=C(c1ccsc1)N1C[C@H]2CN(Cc3cccc(F)c3)C[C@H]2C1. The highest BCUT2D eigenvalue weighted by Crippen LogP contribution is 2.32. The van der Waals surface area contributed by atoms with Gasteiger partial charge in [-0.05, 0) is 41.0 Å². The summed E-state index contributed by atoms with van der Waals surface area (Å²) in [6.45, 7) is 4.48. The van der Waals surface area contributed by atoms with Crippen molar-refractivity contribution < 1.29 is 9.18 Å². The molecule has 0 N–H and O–H groups in total. The summed E-state index contributed by atoms with van der Waals surface area (Å²) in [5, 5.41) is 3.87. The zero-order valence-corrected chi connectivity index (χ0v) is 13.6. The van der Waals surface area contributed by atoms with Gasteiger partial charge < -0.3 is 4.90 Å². The van der Waals surface area contributed by atoms with Gasteiger partial charge in [0.25, 0.3) is 5.91 Å². The molecule has 120 valence electrons. The van der Waals surface area contributed by atoms with Crippen LogP contribution in [0.25, 0.3) is 0 Å². The third-order valence-corrected chi connectivity index (χ3v) is 5.60. The molecule has 0 saturated carbocycles. The number of hydrogen-bond acceptors (Lipinski definition) is 3. The molecule has 3 nitrogen and oxygen atoms in total. The highest BCUT2D eigenvalue weighted by molar-refractivity contribution is 7.08. The average Bonchev–Trinajstić information content (AvgIpc) is 3.22. The van der Waals surface area contributed by atoms with Crippen molar-refractivity contribution in [1.82, 2.24) is 9.80 Å². The summed E-state index contributed by atoms with van der Waals surface area (Å²) in [7, 11) is 0. The van der Waals surface area contributed by atoms with E-state index in [-0.39, 0.29) is 11.7 Å². The molecule has 0 unspecified atom stereocenters. The fourth-order valence-corrected chi connectivity index (χ4v) is 4.48. The summed E-state index contributed by atoms with van der Waals surface area (Å²) >= 11 is 1.56. The minimum Gasteiger partial charge on any atom is -0.338 e. The Kier molecular flexibility index (Phi) is 3.91. The quantitative estimate of drug-likeness (QED) is 0.863. The van der Waals surface area contributed by atoms with E-state index in [9.17, 15) is 9.18 Å². The van der Waals surface area contributed by atoms with Crippen molar-refractivity contribution in [3.63, 3.8) is 0 Å². The Bertz CT molecular complexity index is 689. The van der Waals surface area contributed by atoms with Crippen LogP contribution in [-0.2, 0) is 6.54 Å². The van der Waals surface area contributed by atoms with Gasteiger partial charge in [-0.1, -0.05) is 12.1 Å². The number of fused-ring (bicyclic) bond motifs is 1. The molecule has 0 aliphatic carbocycles. The number of nitrogens with zero attached hydrogens (tertiary/aromatic N) is 2. The predicted molar refractivity (Wildman–Crippen MR) is 88.9 cm³/mol. The Morgan fingerprint density at radius 2 is 1.96 bits per heavy atom. The Balaban J connectivity index is 1.36. The zero-order chi connectivity index (χ0) is 15.8. The first-order chi connectivity index (χ1) is 11.2. The molecule has 1 aromatic heterocycles. The molecule has 1 aromatic carbocycles. The van der Waals surface area contributed by atoms with Crippen molar-refractivity contribution in [1.29, 1.82) is 0 Å². The van der Waals surface area contributed by atoms with Gasteiger partial charge in [-0.25, -0.2) is 4.39 Å². The molecule has 0 spiro atoms. The van der Waals surface area contributed by atoms with E-state index in [4.69, 9.17) is 0 Å². The molecule has 2 aliphatic rings. The second-order valence-electron chi connectivity index (χ2n) is 6.57. The summed E-state index contributed by atoms with van der Waals surface area (Å²) < 4.78 is 13.3. The van der Waals surface area contributed by atoms with Crippen LogP contribution in [0.3, 0.4) is 0 Å². The molecule has 3 heterocycles. The highest BCUT2D eigenvalue weighted by Gasteiger charge is 2.41. The number of rotatable bonds is 3. The zero-order valence-electron chi connectivity index (χ0n) is 12.8. The Hall–Kier alpha value is -1.72. The lowest BCUT2D eigenvalue weighted by Crippen LogP contribution is -2.32. The third kappa shape index (κ3) is 3.03. The van der Waals surface area contributed by atoms with E-state index in [1.54, 1.807) is 23.5 Å². The maximum Gasteiger partial charge on any atom is 0.254 e. The lowest BCUT2D eigenvalue weighted by atomic mass is 10.0. The van der Waals surface area contributed by atoms with E-state index in [1.807, 2.05) is 27.8 Å². The van der Waals surface area contributed by atoms with Gasteiger partial charge in [0.2, 0.25) is 0 Å². The number of halogens is 1. The lowest BCUT2D eigenvalue weighted by molar-refractivity contribution is 0.0774. The lowest BCUT2D eigenvalue weighted by Gasteiger charge is -2.21. The number of likely N-dealkylation sites (tertiary alicyclic amines) is 2. The molecule has 1 amide bonds. The number of carbonyl (C=O) groups is 1. The van der Waals surface area contributed by atoms with Crippen molar-refractivity contribution >= 4 is 17.2 Å². The summed E-state index contributed by atoms with van der Waals surface area (Å²) in [6.07, 6.45) is 0. The van der Waals surface area contributed by atoms with Gasteiger partial charge in [-0.2, -0.15) is 11.3 Å². The third-order valence-electron chi connectivity index (χ3n) is 4.91. The van der Waals surface area contributed by atoms with E-state index in [2.05, 4.69) is 4.90 Å². The first-order valence-corrected chi connectivity index (χ1v) is 8.91. The van der Waals surface area contributed by atoms with Crippen LogP contribution in [0.1, 0.15) is 15.9 Å². The van der Waals surface area contributed by atoms with E-state index < -0.39 is 0 Å². The molecule has 2 atom stereocenters. The predicted octanol–water partition coefficient (Wildman–Crippen LogP) is 3.09. The normalized spacial score (nSPS) is 24.1. The van der Waals surface area contributed by atoms with Crippen molar-refractivity contribution in [2.45, 2.75) is 6.54 Å². The molecular weight excluding hydrogens is 311 g/mol. The van der Waals surface area contributed by atoms with Gasteiger partial charge in [0, 0.05) is 38.1 Å². The van der Waals surface area contributed by atoms with Gasteiger partial charge >= 0.3 is 0 Å². The van der Waals surface area contributed by atoms with Crippen LogP contribution in [0.2, 0.25) is 0 Å². The van der Waals surface area contributed by atoms with Crippen LogP contribution in [0.5, 0.6) is 0 Å². The maximum absolute atomic E-state index is 13.3. The summed E-state index contributed by atoms with van der Waals surface area (Å²) in [6, 6.07) is 8.74.